The van der Waals surface area contributed by atoms with Crippen LogP contribution < -0.4 is 5.32 Å². The maximum absolute atomic E-state index is 4.23. The van der Waals surface area contributed by atoms with E-state index in [1.807, 2.05) is 0 Å². The van der Waals surface area contributed by atoms with Crippen molar-refractivity contribution in [2.75, 3.05) is 0 Å². The molecule has 0 aliphatic rings. The van der Waals surface area contributed by atoms with Crippen molar-refractivity contribution < 1.29 is 37.2 Å². The molecule has 88 valence electrons. The molecular formula is C11H20N3OY. The van der Waals surface area contributed by atoms with Gasteiger partial charge in [0.15, 0.2) is 0 Å². The van der Waals surface area contributed by atoms with Crippen molar-refractivity contribution in [2.45, 2.75) is 46.7 Å². The Morgan fingerprint density at radius 2 is 1.75 bits per heavy atom. The van der Waals surface area contributed by atoms with Gasteiger partial charge in [-0.1, -0.05) is 20.8 Å². The molecule has 0 aromatic carbocycles. The predicted molar refractivity (Wildman–Crippen MR) is 59.9 cm³/mol. The van der Waals surface area contributed by atoms with Gasteiger partial charge >= 0.3 is 32.7 Å². The van der Waals surface area contributed by atoms with Gasteiger partial charge in [-0.05, 0) is 0 Å². The third-order valence-electron chi connectivity index (χ3n) is 1.95. The van der Waals surface area contributed by atoms with E-state index in [9.17, 15) is 0 Å². The minimum Gasteiger partial charge on any atom is -0.459 e. The molecule has 0 fully saturated rings. The molecule has 0 radical (unpaired) electrons. The first-order chi connectivity index (χ1) is 7.10. The maximum atomic E-state index is 4.23. The number of hydrogen-bond acceptors (Lipinski definition) is 4. The van der Waals surface area contributed by atoms with Crippen LogP contribution >= 0.6 is 0 Å². The Morgan fingerprint density at radius 1 is 1.25 bits per heavy atom. The number of aromatic nitrogens is 2. The normalized spacial score (nSPS) is 13.1. The molecule has 0 bridgehead atoms. The predicted octanol–water partition coefficient (Wildman–Crippen LogP) is 1.98. The third-order valence-corrected chi connectivity index (χ3v) is 1.95. The summed E-state index contributed by atoms with van der Waals surface area (Å²) in [5.41, 5.74) is 0. The summed E-state index contributed by atoms with van der Waals surface area (Å²) in [7, 11) is 0. The fourth-order valence-corrected chi connectivity index (χ4v) is 0.800. The number of aryl methyl sites for hydroxylation is 1. The van der Waals surface area contributed by atoms with Crippen LogP contribution in [0.3, 0.4) is 0 Å². The zero-order valence-corrected chi connectivity index (χ0v) is 13.5. The largest absolute Gasteiger partial charge is 3.00 e. The van der Waals surface area contributed by atoms with Gasteiger partial charge in [0.05, 0.1) is 6.39 Å². The molecule has 1 rings (SSSR count). The summed E-state index contributed by atoms with van der Waals surface area (Å²) in [6.07, 6.45) is 6.50. The van der Waals surface area contributed by atoms with E-state index >= 15 is 0 Å². The molecule has 1 N–H and O–H groups in total. The molecule has 0 aliphatic carbocycles. The van der Waals surface area contributed by atoms with Crippen molar-refractivity contribution in [1.29, 1.82) is 0 Å². The topological polar surface area (TPSA) is 51.0 Å². The van der Waals surface area contributed by atoms with Gasteiger partial charge in [0.2, 0.25) is 0 Å². The van der Waals surface area contributed by atoms with Crippen LogP contribution in [0.4, 0.5) is 0 Å². The van der Waals surface area contributed by atoms with E-state index in [4.69, 9.17) is 0 Å². The average Bonchev–Trinajstić information content (AvgIpc) is 2.69. The molecule has 0 saturated heterocycles. The Morgan fingerprint density at radius 3 is 1.94 bits per heavy atom. The molecule has 1 aromatic rings. The smallest absolute Gasteiger partial charge is 0.459 e. The van der Waals surface area contributed by atoms with E-state index in [0.717, 1.165) is 0 Å². The summed E-state index contributed by atoms with van der Waals surface area (Å²) in [5, 5.41) is 6.74. The van der Waals surface area contributed by atoms with Crippen LogP contribution in [0.5, 0.6) is 0 Å². The van der Waals surface area contributed by atoms with E-state index in [1.165, 1.54) is 0 Å². The first-order valence-electron chi connectivity index (χ1n) is 5.11. The van der Waals surface area contributed by atoms with E-state index < -0.39 is 0 Å². The van der Waals surface area contributed by atoms with E-state index in [2.05, 4.69) is 66.9 Å². The van der Waals surface area contributed by atoms with Crippen LogP contribution in [-0.2, 0) is 32.7 Å². The van der Waals surface area contributed by atoms with E-state index in [1.54, 1.807) is 6.92 Å². The second-order valence-corrected chi connectivity index (χ2v) is 3.34. The summed E-state index contributed by atoms with van der Waals surface area (Å²) in [6.45, 7) is 10.2. The summed E-state index contributed by atoms with van der Waals surface area (Å²) in [4.78, 5) is 3.51. The van der Waals surface area contributed by atoms with Crippen molar-refractivity contribution in [3.05, 3.63) is 25.1 Å². The molecule has 1 aromatic heterocycles. The van der Waals surface area contributed by atoms with Gasteiger partial charge in [-0.15, -0.1) is 12.1 Å². The summed E-state index contributed by atoms with van der Waals surface area (Å²) < 4.78 is 4.23. The molecule has 16 heavy (non-hydrogen) atoms. The number of rotatable bonds is 4. The molecule has 4 nitrogen and oxygen atoms in total. The zero-order valence-electron chi connectivity index (χ0n) is 10.7. The quantitative estimate of drug-likeness (QED) is 0.864. The average molecular weight is 299 g/mol. The monoisotopic (exact) mass is 299 g/mol. The fraction of sp³-hybridized carbons (Fsp3) is 0.636. The van der Waals surface area contributed by atoms with Gasteiger partial charge in [0.1, 0.15) is 0 Å². The Kier molecular flexibility index (Phi) is 13.6. The van der Waals surface area contributed by atoms with E-state index in [0.29, 0.717) is 17.9 Å². The Bertz CT molecular complexity index is 221. The standard InChI is InChI=1S/C8H17N.C3H3N2O.Y/c1-5-7(3)9-8(4)6-2;1-3-4-2-6-5-3;/h5-9H,1-4H3;1H3;/q-2;-1;+3. The SMILES string of the molecule is C[CH-]C(C)NC(C)[CH-]C.Cc1n[c-]on1.[Y+3]. The Hall–Kier alpha value is 0.204. The summed E-state index contributed by atoms with van der Waals surface area (Å²) >= 11 is 0. The van der Waals surface area contributed by atoms with Gasteiger partial charge in [0.25, 0.3) is 0 Å². The van der Waals surface area contributed by atoms with Crippen molar-refractivity contribution in [3.8, 4) is 0 Å². The summed E-state index contributed by atoms with van der Waals surface area (Å²) in [6, 6.07) is 1.05. The Balaban J connectivity index is 0. The van der Waals surface area contributed by atoms with Crippen molar-refractivity contribution in [1.82, 2.24) is 15.5 Å². The number of hydrogen-bond donors (Lipinski definition) is 1. The van der Waals surface area contributed by atoms with Crippen molar-refractivity contribution in [2.24, 2.45) is 0 Å². The molecule has 0 saturated carbocycles. The van der Waals surface area contributed by atoms with E-state index in [-0.39, 0.29) is 32.7 Å². The minimum absolute atomic E-state index is 0. The van der Waals surface area contributed by atoms with Gasteiger partial charge < -0.3 is 27.7 Å². The van der Waals surface area contributed by atoms with Crippen LogP contribution in [0.1, 0.15) is 33.5 Å². The third kappa shape index (κ3) is 10.7. The van der Waals surface area contributed by atoms with Crippen LogP contribution in [0, 0.1) is 26.2 Å². The molecule has 2 atom stereocenters. The molecule has 1 heterocycles. The first-order valence-corrected chi connectivity index (χ1v) is 5.11. The van der Waals surface area contributed by atoms with Crippen LogP contribution in [0.25, 0.3) is 0 Å². The van der Waals surface area contributed by atoms with Crippen molar-refractivity contribution in [3.63, 3.8) is 0 Å². The fourth-order valence-electron chi connectivity index (χ4n) is 0.800. The molecule has 5 heteroatoms. The molecule has 0 aliphatic heterocycles. The number of nitrogens with one attached hydrogen (secondary N) is 1. The van der Waals surface area contributed by atoms with Crippen LogP contribution in [0.15, 0.2) is 4.52 Å². The van der Waals surface area contributed by atoms with Crippen LogP contribution in [-0.4, -0.2) is 22.2 Å². The molecule has 0 spiro atoms. The number of nitrogens with zero attached hydrogens (tertiary/aromatic N) is 2. The zero-order chi connectivity index (χ0) is 11.7. The minimum atomic E-state index is 0. The Labute approximate surface area is 124 Å². The second-order valence-electron chi connectivity index (χ2n) is 3.34. The van der Waals surface area contributed by atoms with Gasteiger partial charge in [-0.2, -0.15) is 19.0 Å². The van der Waals surface area contributed by atoms with Crippen LogP contribution in [0.2, 0.25) is 0 Å². The van der Waals surface area contributed by atoms with Gasteiger partial charge in [-0.25, -0.2) is 0 Å². The second kappa shape index (κ2) is 11.7. The van der Waals surface area contributed by atoms with Gasteiger partial charge in [-0.3, -0.25) is 0 Å². The van der Waals surface area contributed by atoms with Gasteiger partial charge in [0, 0.05) is 5.82 Å². The maximum Gasteiger partial charge on any atom is 3.00 e. The first kappa shape index (κ1) is 18.6. The van der Waals surface area contributed by atoms with Crippen molar-refractivity contribution >= 4 is 0 Å². The molecular weight excluding hydrogens is 279 g/mol. The molecule has 2 unspecified atom stereocenters. The molecule has 0 amide bonds. The summed E-state index contributed by atoms with van der Waals surface area (Å²) in [5.74, 6) is 0.620.